The Balaban J connectivity index is 1.23. The number of carbonyl (C=O) groups excluding carboxylic acids is 1. The molecule has 5 rings (SSSR count). The molecule has 4 aliphatic rings. The van der Waals surface area contributed by atoms with Gasteiger partial charge in [-0.25, -0.2) is 41.1 Å². The number of fused-ring (bicyclic) bond motifs is 1. The fourth-order valence-electron chi connectivity index (χ4n) is 6.54. The number of hydrogen-bond donors (Lipinski definition) is 1. The van der Waals surface area contributed by atoms with Crippen LogP contribution in [0.2, 0.25) is 0 Å². The average Bonchev–Trinajstić information content (AvgIpc) is 3.59. The van der Waals surface area contributed by atoms with Crippen molar-refractivity contribution in [3.8, 4) is 0 Å². The van der Waals surface area contributed by atoms with Gasteiger partial charge in [0, 0.05) is 23.9 Å². The summed E-state index contributed by atoms with van der Waals surface area (Å²) in [5.41, 5.74) is -0.184. The molecule has 37 heavy (non-hydrogen) atoms. The van der Waals surface area contributed by atoms with Crippen LogP contribution in [0.1, 0.15) is 51.8 Å². The van der Waals surface area contributed by atoms with E-state index in [9.17, 15) is 26.4 Å². The van der Waals surface area contributed by atoms with E-state index in [1.165, 1.54) is 17.3 Å². The van der Waals surface area contributed by atoms with Gasteiger partial charge in [0.2, 0.25) is 10.0 Å². The summed E-state index contributed by atoms with van der Waals surface area (Å²) in [6.07, 6.45) is 4.88. The highest BCUT2D eigenvalue weighted by Gasteiger charge is 2.66. The van der Waals surface area contributed by atoms with Crippen LogP contribution >= 0.6 is 0 Å². The number of carbonyl (C=O) groups is 1. The second kappa shape index (κ2) is 9.33. The van der Waals surface area contributed by atoms with Crippen LogP contribution in [0.3, 0.4) is 0 Å². The fourth-order valence-corrected chi connectivity index (χ4v) is 7.35. The van der Waals surface area contributed by atoms with Crippen LogP contribution in [-0.2, 0) is 24.9 Å². The second-order valence-electron chi connectivity index (χ2n) is 11.2. The summed E-state index contributed by atoms with van der Waals surface area (Å²) in [5, 5.41) is 0. The van der Waals surface area contributed by atoms with E-state index in [4.69, 9.17) is 9.47 Å². The zero-order chi connectivity index (χ0) is 26.8. The molecule has 3 aliphatic carbocycles. The van der Waals surface area contributed by atoms with Gasteiger partial charge >= 0.3 is 6.09 Å². The first-order valence-corrected chi connectivity index (χ1v) is 14.6. The van der Waals surface area contributed by atoms with Crippen molar-refractivity contribution in [1.82, 2.24) is 19.6 Å². The van der Waals surface area contributed by atoms with Crippen LogP contribution in [0.4, 0.5) is 18.0 Å². The van der Waals surface area contributed by atoms with Gasteiger partial charge in [-0.1, -0.05) is 6.92 Å². The average molecular weight is 547 g/mol. The lowest BCUT2D eigenvalue weighted by molar-refractivity contribution is -0.0136. The maximum absolute atomic E-state index is 13.3. The minimum Gasteiger partial charge on any atom is -0.449 e. The maximum Gasteiger partial charge on any atom is 0.410 e. The first-order valence-electron chi connectivity index (χ1n) is 12.7. The highest BCUT2D eigenvalue weighted by molar-refractivity contribution is 7.88. The topological polar surface area (TPSA) is 111 Å². The van der Waals surface area contributed by atoms with E-state index < -0.39 is 45.9 Å². The largest absolute Gasteiger partial charge is 0.449 e. The number of hydrogen-bond acceptors (Lipinski definition) is 7. The van der Waals surface area contributed by atoms with E-state index in [-0.39, 0.29) is 43.1 Å². The lowest BCUT2D eigenvalue weighted by Gasteiger charge is -2.33. The summed E-state index contributed by atoms with van der Waals surface area (Å²) in [6, 6.07) is -1.59. The molecule has 1 N–H and O–H groups in total. The standard InChI is InChI=1S/C24H33F3N4O5S/c1-13-6-19(30-37(3,33)34)20(31(13)22(32)36-11-15-8-24(15,26)27)12-35-17-4-5-23(14(2)18(23)7-17)21-28-9-16(25)10-29-21/h9-10,13-15,17-20,30H,4-8,11-12H2,1-3H3/t13-,14+,15?,17+,18?,19+,20+,23-/m1/s1. The van der Waals surface area contributed by atoms with Crippen LogP contribution in [0.5, 0.6) is 0 Å². The van der Waals surface area contributed by atoms with E-state index in [0.29, 0.717) is 18.2 Å². The Bertz CT molecular complexity index is 1140. The van der Waals surface area contributed by atoms with Gasteiger partial charge in [0.25, 0.3) is 5.92 Å². The predicted molar refractivity (Wildman–Crippen MR) is 126 cm³/mol. The van der Waals surface area contributed by atoms with Gasteiger partial charge in [-0.15, -0.1) is 0 Å². The smallest absolute Gasteiger partial charge is 0.410 e. The summed E-state index contributed by atoms with van der Waals surface area (Å²) in [4.78, 5) is 22.8. The van der Waals surface area contributed by atoms with Gasteiger partial charge < -0.3 is 9.47 Å². The molecule has 0 spiro atoms. The molecule has 206 valence electrons. The zero-order valence-electron chi connectivity index (χ0n) is 21.1. The number of alkyl halides is 2. The number of nitrogens with one attached hydrogen (secondary N) is 1. The number of aromatic nitrogens is 2. The van der Waals surface area contributed by atoms with Gasteiger partial charge in [-0.05, 0) is 44.4 Å². The lowest BCUT2D eigenvalue weighted by Crippen LogP contribution is -2.50. The maximum atomic E-state index is 13.3. The van der Waals surface area contributed by atoms with Gasteiger partial charge in [-0.3, -0.25) is 4.90 Å². The van der Waals surface area contributed by atoms with Crippen LogP contribution in [0, 0.1) is 23.6 Å². The number of rotatable bonds is 8. The van der Waals surface area contributed by atoms with Gasteiger partial charge in [0.05, 0.1) is 43.3 Å². The number of amides is 1. The minimum atomic E-state index is -3.56. The monoisotopic (exact) mass is 546 g/mol. The van der Waals surface area contributed by atoms with Crippen molar-refractivity contribution in [3.63, 3.8) is 0 Å². The Morgan fingerprint density at radius 1 is 1.22 bits per heavy atom. The normalized spacial score (nSPS) is 38.2. The Labute approximate surface area is 214 Å². The summed E-state index contributed by atoms with van der Waals surface area (Å²) in [6.45, 7) is 3.61. The fraction of sp³-hybridized carbons (Fsp3) is 0.792. The molecule has 1 saturated heterocycles. The van der Waals surface area contributed by atoms with E-state index >= 15 is 0 Å². The van der Waals surface area contributed by atoms with Crippen LogP contribution in [0.15, 0.2) is 12.4 Å². The predicted octanol–water partition coefficient (Wildman–Crippen LogP) is 2.86. The van der Waals surface area contributed by atoms with Crippen molar-refractivity contribution in [2.24, 2.45) is 17.8 Å². The first-order chi connectivity index (χ1) is 17.3. The van der Waals surface area contributed by atoms with Gasteiger partial charge in [0.1, 0.15) is 12.4 Å². The molecular formula is C24H33F3N4O5S. The SMILES string of the molecule is C[C@@H]1C[C@H](NS(C)(=O)=O)[C@H](CO[C@H]2CC[C@]3(c4ncc(F)cn4)C(C2)[C@@H]3C)N1C(=O)OCC1CC1(F)F. The third-order valence-electron chi connectivity index (χ3n) is 8.74. The van der Waals surface area contributed by atoms with Crippen molar-refractivity contribution in [1.29, 1.82) is 0 Å². The third kappa shape index (κ3) is 5.18. The van der Waals surface area contributed by atoms with E-state index in [0.717, 1.165) is 25.5 Å². The minimum absolute atomic E-state index is 0.0814. The van der Waals surface area contributed by atoms with Crippen LogP contribution in [-0.4, -0.2) is 79.0 Å². The van der Waals surface area contributed by atoms with Crippen molar-refractivity contribution in [3.05, 3.63) is 24.0 Å². The number of sulfonamides is 1. The molecule has 0 bridgehead atoms. The summed E-state index contributed by atoms with van der Waals surface area (Å²) in [5.74, 6) is -2.98. The zero-order valence-corrected chi connectivity index (χ0v) is 21.9. The van der Waals surface area contributed by atoms with E-state index in [2.05, 4.69) is 21.6 Å². The van der Waals surface area contributed by atoms with E-state index in [1.54, 1.807) is 6.92 Å². The summed E-state index contributed by atoms with van der Waals surface area (Å²) < 4.78 is 77.8. The molecule has 4 fully saturated rings. The molecule has 8 atom stereocenters. The molecule has 2 unspecified atom stereocenters. The molecule has 1 aliphatic heterocycles. The summed E-state index contributed by atoms with van der Waals surface area (Å²) in [7, 11) is -3.56. The van der Waals surface area contributed by atoms with Gasteiger partial charge in [-0.2, -0.15) is 0 Å². The van der Waals surface area contributed by atoms with Gasteiger partial charge in [0.15, 0.2) is 5.82 Å². The molecule has 3 saturated carbocycles. The van der Waals surface area contributed by atoms with Crippen molar-refractivity contribution in [2.45, 2.75) is 81.5 Å². The van der Waals surface area contributed by atoms with Crippen molar-refractivity contribution < 1.29 is 35.9 Å². The van der Waals surface area contributed by atoms with E-state index in [1.807, 2.05) is 0 Å². The Morgan fingerprint density at radius 2 is 1.89 bits per heavy atom. The Kier molecular flexibility index (Phi) is 6.71. The molecule has 9 nitrogen and oxygen atoms in total. The number of halogens is 3. The van der Waals surface area contributed by atoms with Crippen LogP contribution in [0.25, 0.3) is 0 Å². The summed E-state index contributed by atoms with van der Waals surface area (Å²) >= 11 is 0. The quantitative estimate of drug-likeness (QED) is 0.534. The molecule has 1 aromatic rings. The highest BCUT2D eigenvalue weighted by atomic mass is 32.2. The Morgan fingerprint density at radius 3 is 2.49 bits per heavy atom. The first kappa shape index (κ1) is 26.6. The molecule has 2 heterocycles. The van der Waals surface area contributed by atoms with Crippen LogP contribution < -0.4 is 4.72 Å². The lowest BCUT2D eigenvalue weighted by atomic mass is 9.85. The number of ether oxygens (including phenoxy) is 2. The van der Waals surface area contributed by atoms with Crippen molar-refractivity contribution >= 4 is 16.1 Å². The molecular weight excluding hydrogens is 513 g/mol. The molecule has 1 aromatic heterocycles. The van der Waals surface area contributed by atoms with Crippen molar-refractivity contribution in [2.75, 3.05) is 19.5 Å². The Hall–Kier alpha value is -1.99. The molecule has 0 aromatic carbocycles. The third-order valence-corrected chi connectivity index (χ3v) is 9.47. The number of nitrogens with zero attached hydrogens (tertiary/aromatic N) is 3. The second-order valence-corrected chi connectivity index (χ2v) is 13.0. The number of likely N-dealkylation sites (tertiary alicyclic amines) is 1. The molecule has 1 amide bonds. The molecule has 13 heteroatoms. The highest BCUT2D eigenvalue weighted by Crippen LogP contribution is 2.66. The molecule has 0 radical (unpaired) electrons.